The molecule has 0 saturated carbocycles. The van der Waals surface area contributed by atoms with Crippen LogP contribution < -0.4 is 5.43 Å². The molecule has 0 saturated heterocycles. The lowest BCUT2D eigenvalue weighted by Crippen LogP contribution is -2.19. The highest BCUT2D eigenvalue weighted by Gasteiger charge is 2.19. The van der Waals surface area contributed by atoms with Gasteiger partial charge >= 0.3 is 0 Å². The summed E-state index contributed by atoms with van der Waals surface area (Å²) in [5, 5.41) is 14.1. The third-order valence-corrected chi connectivity index (χ3v) is 3.36. The lowest BCUT2D eigenvalue weighted by Gasteiger charge is -2.03. The summed E-state index contributed by atoms with van der Waals surface area (Å²) in [6, 6.07) is 3.05. The average molecular weight is 314 g/mol. The molecule has 1 amide bonds. The van der Waals surface area contributed by atoms with Crippen LogP contribution in [0.1, 0.15) is 18.4 Å². The standard InChI is InChI=1S/C13H13Cl2N3O2/c14-10-4-9(12(19)11(15)5-10)6-16-3-1-2-8-7-17-18-13(8)20/h4-8,19H,1-3H2,(H,18,20)/t8-/m0/s1. The van der Waals surface area contributed by atoms with Crippen molar-refractivity contribution in [1.29, 1.82) is 0 Å². The van der Waals surface area contributed by atoms with E-state index in [1.54, 1.807) is 12.3 Å². The van der Waals surface area contributed by atoms with E-state index in [0.717, 1.165) is 6.42 Å². The number of carbonyl (C=O) groups is 1. The van der Waals surface area contributed by atoms with Crippen LogP contribution in [0.15, 0.2) is 22.2 Å². The van der Waals surface area contributed by atoms with Crippen LogP contribution >= 0.6 is 23.2 Å². The molecule has 0 bridgehead atoms. The number of benzene rings is 1. The number of halogens is 2. The topological polar surface area (TPSA) is 74.0 Å². The van der Waals surface area contributed by atoms with E-state index in [1.807, 2.05) is 0 Å². The summed E-state index contributed by atoms with van der Waals surface area (Å²) in [5.74, 6) is -0.283. The van der Waals surface area contributed by atoms with Crippen molar-refractivity contribution < 1.29 is 9.90 Å². The molecule has 0 aromatic heterocycles. The number of amides is 1. The van der Waals surface area contributed by atoms with Gasteiger partial charge in [0.15, 0.2) is 0 Å². The van der Waals surface area contributed by atoms with E-state index < -0.39 is 0 Å². The minimum Gasteiger partial charge on any atom is -0.506 e. The summed E-state index contributed by atoms with van der Waals surface area (Å²) in [7, 11) is 0. The molecule has 2 N–H and O–H groups in total. The Morgan fingerprint density at radius 1 is 1.45 bits per heavy atom. The van der Waals surface area contributed by atoms with Gasteiger partial charge in [0, 0.05) is 29.6 Å². The number of nitrogens with zero attached hydrogens (tertiary/aromatic N) is 2. The number of aromatic hydroxyl groups is 1. The minimum absolute atomic E-state index is 0.0397. The second kappa shape index (κ2) is 6.72. The summed E-state index contributed by atoms with van der Waals surface area (Å²) < 4.78 is 0. The molecule has 1 aromatic rings. The Balaban J connectivity index is 1.85. The molecule has 1 aliphatic heterocycles. The fourth-order valence-electron chi connectivity index (χ4n) is 1.80. The summed E-state index contributed by atoms with van der Waals surface area (Å²) in [6.07, 6.45) is 4.56. The van der Waals surface area contributed by atoms with Crippen LogP contribution in [0.2, 0.25) is 10.0 Å². The highest BCUT2D eigenvalue weighted by Crippen LogP contribution is 2.29. The first-order valence-corrected chi connectivity index (χ1v) is 6.84. The van der Waals surface area contributed by atoms with Crippen molar-refractivity contribution in [3.05, 3.63) is 27.7 Å². The number of phenolic OH excluding ortho intramolecular Hbond substituents is 1. The quantitative estimate of drug-likeness (QED) is 0.647. The van der Waals surface area contributed by atoms with Crippen molar-refractivity contribution in [2.24, 2.45) is 16.0 Å². The van der Waals surface area contributed by atoms with E-state index in [-0.39, 0.29) is 22.6 Å². The van der Waals surface area contributed by atoms with Gasteiger partial charge in [0.25, 0.3) is 0 Å². The number of rotatable bonds is 5. The monoisotopic (exact) mass is 313 g/mol. The minimum atomic E-state index is -0.167. The van der Waals surface area contributed by atoms with Gasteiger partial charge in [-0.25, -0.2) is 5.43 Å². The van der Waals surface area contributed by atoms with Gasteiger partial charge < -0.3 is 5.11 Å². The Morgan fingerprint density at radius 2 is 2.25 bits per heavy atom. The average Bonchev–Trinajstić information content (AvgIpc) is 2.80. The van der Waals surface area contributed by atoms with Gasteiger partial charge in [0.05, 0.1) is 10.9 Å². The van der Waals surface area contributed by atoms with Crippen LogP contribution in [0.3, 0.4) is 0 Å². The van der Waals surface area contributed by atoms with E-state index in [1.165, 1.54) is 12.3 Å². The van der Waals surface area contributed by atoms with Gasteiger partial charge in [-0.05, 0) is 25.0 Å². The SMILES string of the molecule is O=C1NN=C[C@@H]1CCCN=Cc1cc(Cl)cc(Cl)c1O. The zero-order valence-electron chi connectivity index (χ0n) is 10.5. The molecule has 1 aromatic carbocycles. The predicted octanol–water partition coefficient (Wildman–Crippen LogP) is 2.63. The van der Waals surface area contributed by atoms with Gasteiger partial charge in [-0.3, -0.25) is 9.79 Å². The third-order valence-electron chi connectivity index (χ3n) is 2.86. The second-order valence-electron chi connectivity index (χ2n) is 4.36. The van der Waals surface area contributed by atoms with Gasteiger partial charge in [0.1, 0.15) is 5.75 Å². The van der Waals surface area contributed by atoms with Crippen LogP contribution in [0, 0.1) is 5.92 Å². The van der Waals surface area contributed by atoms with Gasteiger partial charge in [-0.15, -0.1) is 0 Å². The van der Waals surface area contributed by atoms with Gasteiger partial charge in [-0.2, -0.15) is 5.10 Å². The number of hydrazone groups is 1. The summed E-state index contributed by atoms with van der Waals surface area (Å²) in [5.41, 5.74) is 2.86. The van der Waals surface area contributed by atoms with Crippen LogP contribution in [-0.4, -0.2) is 30.0 Å². The first-order chi connectivity index (χ1) is 9.58. The van der Waals surface area contributed by atoms with E-state index in [2.05, 4.69) is 15.5 Å². The fraction of sp³-hybridized carbons (Fsp3) is 0.308. The maximum absolute atomic E-state index is 11.2. The lowest BCUT2D eigenvalue weighted by atomic mass is 10.1. The fourth-order valence-corrected chi connectivity index (χ4v) is 2.31. The van der Waals surface area contributed by atoms with Crippen LogP contribution in [-0.2, 0) is 4.79 Å². The molecule has 1 heterocycles. The Bertz CT molecular complexity index is 573. The Kier molecular flexibility index (Phi) is 4.98. The molecule has 5 nitrogen and oxygen atoms in total. The van der Waals surface area contributed by atoms with Gasteiger partial charge in [-0.1, -0.05) is 23.2 Å². The molecule has 0 spiro atoms. The van der Waals surface area contributed by atoms with Crippen molar-refractivity contribution in [1.82, 2.24) is 5.43 Å². The molecule has 7 heteroatoms. The smallest absolute Gasteiger partial charge is 0.248 e. The summed E-state index contributed by atoms with van der Waals surface area (Å²) in [4.78, 5) is 15.4. The first-order valence-electron chi connectivity index (χ1n) is 6.09. The highest BCUT2D eigenvalue weighted by molar-refractivity contribution is 6.36. The van der Waals surface area contributed by atoms with Gasteiger partial charge in [0.2, 0.25) is 5.91 Å². The number of nitrogens with one attached hydrogen (secondary N) is 1. The lowest BCUT2D eigenvalue weighted by molar-refractivity contribution is -0.122. The van der Waals surface area contributed by atoms with E-state index >= 15 is 0 Å². The van der Waals surface area contributed by atoms with E-state index in [9.17, 15) is 9.90 Å². The molecule has 0 unspecified atom stereocenters. The molecule has 1 atom stereocenters. The van der Waals surface area contributed by atoms with Crippen LogP contribution in [0.25, 0.3) is 0 Å². The molecular formula is C13H13Cl2N3O2. The van der Waals surface area contributed by atoms with Crippen molar-refractivity contribution in [3.63, 3.8) is 0 Å². The Morgan fingerprint density at radius 3 is 2.95 bits per heavy atom. The van der Waals surface area contributed by atoms with E-state index in [0.29, 0.717) is 23.6 Å². The van der Waals surface area contributed by atoms with E-state index in [4.69, 9.17) is 23.2 Å². The molecule has 0 radical (unpaired) electrons. The molecule has 2 rings (SSSR count). The largest absolute Gasteiger partial charge is 0.506 e. The normalized spacial score (nSPS) is 17.9. The number of aliphatic imine (C=N–C) groups is 1. The Hall–Kier alpha value is -1.59. The zero-order chi connectivity index (χ0) is 14.5. The molecule has 1 aliphatic rings. The predicted molar refractivity (Wildman–Crippen MR) is 79.9 cm³/mol. The molecule has 0 aliphatic carbocycles. The maximum Gasteiger partial charge on any atom is 0.248 e. The molecule has 20 heavy (non-hydrogen) atoms. The van der Waals surface area contributed by atoms with Crippen LogP contribution in [0.4, 0.5) is 0 Å². The zero-order valence-corrected chi connectivity index (χ0v) is 12.0. The molecule has 106 valence electrons. The second-order valence-corrected chi connectivity index (χ2v) is 5.21. The van der Waals surface area contributed by atoms with Crippen molar-refractivity contribution >= 4 is 41.5 Å². The molecule has 0 fully saturated rings. The number of hydrogen-bond donors (Lipinski definition) is 2. The van der Waals surface area contributed by atoms with Crippen molar-refractivity contribution in [2.45, 2.75) is 12.8 Å². The van der Waals surface area contributed by atoms with Crippen molar-refractivity contribution in [2.75, 3.05) is 6.54 Å². The number of hydrogen-bond acceptors (Lipinski definition) is 4. The molecular weight excluding hydrogens is 301 g/mol. The summed E-state index contributed by atoms with van der Waals surface area (Å²) in [6.45, 7) is 0.543. The number of phenols is 1. The van der Waals surface area contributed by atoms with Crippen LogP contribution in [0.5, 0.6) is 5.75 Å². The summed E-state index contributed by atoms with van der Waals surface area (Å²) >= 11 is 11.7. The maximum atomic E-state index is 11.2. The Labute approximate surface area is 126 Å². The third kappa shape index (κ3) is 3.71. The first kappa shape index (κ1) is 14.8. The number of carbonyl (C=O) groups excluding carboxylic acids is 1. The van der Waals surface area contributed by atoms with Crippen molar-refractivity contribution in [3.8, 4) is 5.75 Å². The highest BCUT2D eigenvalue weighted by atomic mass is 35.5.